The second kappa shape index (κ2) is 7.99. The molecule has 2 fully saturated rings. The minimum atomic E-state index is 0.237. The zero-order valence-corrected chi connectivity index (χ0v) is 13.2. The Morgan fingerprint density at radius 3 is 2.45 bits per heavy atom. The van der Waals surface area contributed by atoms with Gasteiger partial charge in [0.05, 0.1) is 0 Å². The highest BCUT2D eigenvalue weighted by Crippen LogP contribution is 2.18. The number of piperidine rings is 1. The third kappa shape index (κ3) is 6.23. The molecule has 0 aromatic rings. The third-order valence-corrected chi connectivity index (χ3v) is 4.17. The van der Waals surface area contributed by atoms with Crippen LogP contribution in [-0.2, 0) is 4.79 Å². The number of nitrogens with zero attached hydrogens (tertiary/aromatic N) is 1. The first kappa shape index (κ1) is 15.8. The zero-order chi connectivity index (χ0) is 14.4. The number of rotatable bonds is 8. The number of likely N-dealkylation sites (tertiary alicyclic amines) is 1. The SMILES string of the molecule is CC(C)CN1CCC(NCCCC(=O)NC2CC2)CC1. The lowest BCUT2D eigenvalue weighted by atomic mass is 10.0. The van der Waals surface area contributed by atoms with Crippen LogP contribution >= 0.6 is 0 Å². The Morgan fingerprint density at radius 2 is 1.85 bits per heavy atom. The molecule has 1 amide bonds. The summed E-state index contributed by atoms with van der Waals surface area (Å²) in [7, 11) is 0. The van der Waals surface area contributed by atoms with Crippen molar-refractivity contribution in [1.82, 2.24) is 15.5 Å². The van der Waals surface area contributed by atoms with Crippen molar-refractivity contribution >= 4 is 5.91 Å². The fourth-order valence-corrected chi connectivity index (χ4v) is 2.92. The molecule has 1 aliphatic carbocycles. The molecule has 1 saturated carbocycles. The van der Waals surface area contributed by atoms with E-state index in [2.05, 4.69) is 29.4 Å². The van der Waals surface area contributed by atoms with Crippen molar-refractivity contribution in [2.75, 3.05) is 26.2 Å². The standard InChI is InChI=1S/C16H31N3O/c1-13(2)12-19-10-7-14(8-11-19)17-9-3-4-16(20)18-15-5-6-15/h13-15,17H,3-12H2,1-2H3,(H,18,20). The molecule has 2 N–H and O–H groups in total. The van der Waals surface area contributed by atoms with Gasteiger partial charge in [-0.2, -0.15) is 0 Å². The molecular weight excluding hydrogens is 250 g/mol. The van der Waals surface area contributed by atoms with E-state index < -0.39 is 0 Å². The predicted molar refractivity (Wildman–Crippen MR) is 82.7 cm³/mol. The minimum Gasteiger partial charge on any atom is -0.353 e. The summed E-state index contributed by atoms with van der Waals surface area (Å²) in [5.74, 6) is 1.01. The molecule has 2 aliphatic rings. The van der Waals surface area contributed by atoms with Crippen LogP contribution in [0.5, 0.6) is 0 Å². The Balaban J connectivity index is 1.47. The molecule has 20 heavy (non-hydrogen) atoms. The topological polar surface area (TPSA) is 44.4 Å². The predicted octanol–water partition coefficient (Wildman–Crippen LogP) is 1.76. The van der Waals surface area contributed by atoms with Crippen LogP contribution in [0.4, 0.5) is 0 Å². The van der Waals surface area contributed by atoms with Gasteiger partial charge in [-0.05, 0) is 57.7 Å². The summed E-state index contributed by atoms with van der Waals surface area (Å²) in [6.45, 7) is 9.23. The quantitative estimate of drug-likeness (QED) is 0.666. The van der Waals surface area contributed by atoms with Crippen LogP contribution in [0.1, 0.15) is 52.4 Å². The Bertz CT molecular complexity index is 294. The van der Waals surface area contributed by atoms with Crippen LogP contribution in [0.3, 0.4) is 0 Å². The van der Waals surface area contributed by atoms with E-state index in [0.29, 0.717) is 18.5 Å². The summed E-state index contributed by atoms with van der Waals surface area (Å²) in [6, 6.07) is 1.16. The summed E-state index contributed by atoms with van der Waals surface area (Å²) in [5, 5.41) is 6.66. The highest BCUT2D eigenvalue weighted by Gasteiger charge is 2.23. The molecule has 0 unspecified atom stereocenters. The Hall–Kier alpha value is -0.610. The highest BCUT2D eigenvalue weighted by molar-refractivity contribution is 5.76. The van der Waals surface area contributed by atoms with E-state index in [1.54, 1.807) is 0 Å². The number of hydrogen-bond acceptors (Lipinski definition) is 3. The van der Waals surface area contributed by atoms with Crippen LogP contribution in [0.25, 0.3) is 0 Å². The first-order valence-corrected chi connectivity index (χ1v) is 8.38. The van der Waals surface area contributed by atoms with E-state index in [4.69, 9.17) is 0 Å². The lowest BCUT2D eigenvalue weighted by Gasteiger charge is -2.33. The average Bonchev–Trinajstić information content (AvgIpc) is 3.20. The number of carbonyl (C=O) groups excluding carboxylic acids is 1. The molecule has 2 rings (SSSR count). The maximum Gasteiger partial charge on any atom is 0.220 e. The third-order valence-electron chi connectivity index (χ3n) is 4.17. The van der Waals surface area contributed by atoms with Gasteiger partial charge in [0.15, 0.2) is 0 Å². The van der Waals surface area contributed by atoms with Gasteiger partial charge in [-0.3, -0.25) is 4.79 Å². The van der Waals surface area contributed by atoms with Crippen molar-refractivity contribution in [3.8, 4) is 0 Å². The van der Waals surface area contributed by atoms with Crippen molar-refractivity contribution < 1.29 is 4.79 Å². The Labute approximate surface area is 123 Å². The summed E-state index contributed by atoms with van der Waals surface area (Å²) in [4.78, 5) is 14.1. The van der Waals surface area contributed by atoms with E-state index in [1.165, 1.54) is 45.3 Å². The molecule has 0 bridgehead atoms. The minimum absolute atomic E-state index is 0.237. The average molecular weight is 281 g/mol. The summed E-state index contributed by atoms with van der Waals surface area (Å²) >= 11 is 0. The molecule has 1 saturated heterocycles. The normalized spacial score (nSPS) is 21.4. The van der Waals surface area contributed by atoms with Crippen molar-refractivity contribution in [3.05, 3.63) is 0 Å². The van der Waals surface area contributed by atoms with Crippen molar-refractivity contribution in [1.29, 1.82) is 0 Å². The first-order chi connectivity index (χ1) is 9.63. The summed E-state index contributed by atoms with van der Waals surface area (Å²) in [5.41, 5.74) is 0. The van der Waals surface area contributed by atoms with Crippen molar-refractivity contribution in [3.63, 3.8) is 0 Å². The lowest BCUT2D eigenvalue weighted by Crippen LogP contribution is -2.43. The molecule has 1 heterocycles. The molecular formula is C16H31N3O. The number of amides is 1. The van der Waals surface area contributed by atoms with Gasteiger partial charge < -0.3 is 15.5 Å². The molecule has 0 radical (unpaired) electrons. The molecule has 116 valence electrons. The van der Waals surface area contributed by atoms with Gasteiger partial charge in [-0.1, -0.05) is 13.8 Å². The van der Waals surface area contributed by atoms with Gasteiger partial charge in [-0.25, -0.2) is 0 Å². The number of carbonyl (C=O) groups is 1. The van der Waals surface area contributed by atoms with Crippen LogP contribution in [0, 0.1) is 5.92 Å². The van der Waals surface area contributed by atoms with E-state index in [1.807, 2.05) is 0 Å². The van der Waals surface area contributed by atoms with Gasteiger partial charge >= 0.3 is 0 Å². The van der Waals surface area contributed by atoms with Gasteiger partial charge in [0.25, 0.3) is 0 Å². The van der Waals surface area contributed by atoms with Gasteiger partial charge in [0.1, 0.15) is 0 Å². The number of nitrogens with one attached hydrogen (secondary N) is 2. The summed E-state index contributed by atoms with van der Waals surface area (Å²) < 4.78 is 0. The Kier molecular flexibility index (Phi) is 6.30. The fourth-order valence-electron chi connectivity index (χ4n) is 2.92. The highest BCUT2D eigenvalue weighted by atomic mass is 16.1. The summed E-state index contributed by atoms with van der Waals surface area (Å²) in [6.07, 6.45) is 6.50. The van der Waals surface area contributed by atoms with Gasteiger partial charge in [0.2, 0.25) is 5.91 Å². The van der Waals surface area contributed by atoms with Crippen LogP contribution in [0.2, 0.25) is 0 Å². The molecule has 0 aromatic heterocycles. The van der Waals surface area contributed by atoms with E-state index >= 15 is 0 Å². The van der Waals surface area contributed by atoms with Gasteiger partial charge in [0, 0.05) is 25.0 Å². The lowest BCUT2D eigenvalue weighted by molar-refractivity contribution is -0.121. The first-order valence-electron chi connectivity index (χ1n) is 8.38. The van der Waals surface area contributed by atoms with Crippen molar-refractivity contribution in [2.24, 2.45) is 5.92 Å². The smallest absolute Gasteiger partial charge is 0.220 e. The molecule has 0 aromatic carbocycles. The fraction of sp³-hybridized carbons (Fsp3) is 0.938. The zero-order valence-electron chi connectivity index (χ0n) is 13.2. The Morgan fingerprint density at radius 1 is 1.15 bits per heavy atom. The molecule has 0 atom stereocenters. The van der Waals surface area contributed by atoms with E-state index in [-0.39, 0.29) is 5.91 Å². The molecule has 0 spiro atoms. The maximum atomic E-state index is 11.5. The maximum absolute atomic E-state index is 11.5. The molecule has 4 nitrogen and oxygen atoms in total. The number of hydrogen-bond donors (Lipinski definition) is 2. The largest absolute Gasteiger partial charge is 0.353 e. The van der Waals surface area contributed by atoms with E-state index in [0.717, 1.165) is 18.9 Å². The molecule has 4 heteroatoms. The second-order valence-corrected chi connectivity index (χ2v) is 6.87. The van der Waals surface area contributed by atoms with Gasteiger partial charge in [-0.15, -0.1) is 0 Å². The molecule has 1 aliphatic heterocycles. The van der Waals surface area contributed by atoms with Crippen LogP contribution < -0.4 is 10.6 Å². The van der Waals surface area contributed by atoms with E-state index in [9.17, 15) is 4.79 Å². The monoisotopic (exact) mass is 281 g/mol. The van der Waals surface area contributed by atoms with Crippen LogP contribution in [-0.4, -0.2) is 49.1 Å². The van der Waals surface area contributed by atoms with Crippen molar-refractivity contribution in [2.45, 2.75) is 64.5 Å². The van der Waals surface area contributed by atoms with Crippen LogP contribution in [0.15, 0.2) is 0 Å². The second-order valence-electron chi connectivity index (χ2n) is 6.87.